The third kappa shape index (κ3) is 3.60. The smallest absolute Gasteiger partial charge is 0.320 e. The standard InChI is InChI=1S/C15H20ClNO4/c1-20-13-8-14(21-2)11(16)7-10(13)9-17-6-4-3-5-12(17)15(18)19/h7-8,12H,3-6,9H2,1-2H3,(H,18,19). The Morgan fingerprint density at radius 3 is 2.67 bits per heavy atom. The van der Waals surface area contributed by atoms with Crippen LogP contribution in [0.5, 0.6) is 11.5 Å². The van der Waals surface area contributed by atoms with Gasteiger partial charge in [-0.05, 0) is 25.5 Å². The minimum Gasteiger partial charge on any atom is -0.496 e. The van der Waals surface area contributed by atoms with Crippen molar-refractivity contribution in [1.29, 1.82) is 0 Å². The molecule has 2 rings (SSSR count). The first-order valence-corrected chi connectivity index (χ1v) is 7.32. The molecule has 0 radical (unpaired) electrons. The van der Waals surface area contributed by atoms with Gasteiger partial charge in [0.05, 0.1) is 19.2 Å². The molecule has 1 unspecified atom stereocenters. The molecule has 21 heavy (non-hydrogen) atoms. The molecular formula is C15H20ClNO4. The molecule has 0 saturated carbocycles. The second kappa shape index (κ2) is 7.00. The van der Waals surface area contributed by atoms with Crippen molar-refractivity contribution >= 4 is 17.6 Å². The van der Waals surface area contributed by atoms with Gasteiger partial charge < -0.3 is 14.6 Å². The molecule has 116 valence electrons. The number of hydrogen-bond donors (Lipinski definition) is 1. The lowest BCUT2D eigenvalue weighted by molar-refractivity contribution is -0.144. The zero-order valence-electron chi connectivity index (χ0n) is 12.3. The van der Waals surface area contributed by atoms with Crippen molar-refractivity contribution in [2.24, 2.45) is 0 Å². The molecular weight excluding hydrogens is 294 g/mol. The Kier molecular flexibility index (Phi) is 5.31. The van der Waals surface area contributed by atoms with Gasteiger partial charge in [0.15, 0.2) is 0 Å². The molecule has 0 amide bonds. The lowest BCUT2D eigenvalue weighted by atomic mass is 10.0. The summed E-state index contributed by atoms with van der Waals surface area (Å²) in [6, 6.07) is 3.08. The van der Waals surface area contributed by atoms with Crippen LogP contribution in [0.15, 0.2) is 12.1 Å². The molecule has 1 fully saturated rings. The van der Waals surface area contributed by atoms with E-state index in [2.05, 4.69) is 0 Å². The third-order valence-electron chi connectivity index (χ3n) is 3.83. The highest BCUT2D eigenvalue weighted by molar-refractivity contribution is 6.32. The van der Waals surface area contributed by atoms with Crippen LogP contribution in [-0.4, -0.2) is 42.8 Å². The number of aliphatic carboxylic acids is 1. The first-order valence-electron chi connectivity index (χ1n) is 6.94. The summed E-state index contributed by atoms with van der Waals surface area (Å²) in [6.45, 7) is 1.27. The Morgan fingerprint density at radius 2 is 2.05 bits per heavy atom. The van der Waals surface area contributed by atoms with E-state index in [4.69, 9.17) is 21.1 Å². The van der Waals surface area contributed by atoms with E-state index in [1.165, 1.54) is 0 Å². The van der Waals surface area contributed by atoms with Crippen LogP contribution in [0.4, 0.5) is 0 Å². The summed E-state index contributed by atoms with van der Waals surface area (Å²) < 4.78 is 10.5. The fraction of sp³-hybridized carbons (Fsp3) is 0.533. The number of nitrogens with zero attached hydrogens (tertiary/aromatic N) is 1. The number of carboxylic acids is 1. The number of rotatable bonds is 5. The molecule has 0 aromatic heterocycles. The van der Waals surface area contributed by atoms with Gasteiger partial charge in [0.2, 0.25) is 0 Å². The molecule has 1 aliphatic heterocycles. The van der Waals surface area contributed by atoms with Crippen LogP contribution >= 0.6 is 11.6 Å². The minimum atomic E-state index is -0.770. The Balaban J connectivity index is 2.25. The number of likely N-dealkylation sites (tertiary alicyclic amines) is 1. The number of methoxy groups -OCH3 is 2. The summed E-state index contributed by atoms with van der Waals surface area (Å²) >= 11 is 6.16. The average Bonchev–Trinajstić information content (AvgIpc) is 2.48. The Labute approximate surface area is 129 Å². The fourth-order valence-corrected chi connectivity index (χ4v) is 2.99. The molecule has 1 saturated heterocycles. The second-order valence-corrected chi connectivity index (χ2v) is 5.53. The first kappa shape index (κ1) is 15.9. The van der Waals surface area contributed by atoms with E-state index in [0.29, 0.717) is 29.5 Å². The fourth-order valence-electron chi connectivity index (χ4n) is 2.72. The molecule has 1 heterocycles. The molecule has 0 bridgehead atoms. The molecule has 1 aromatic rings. The van der Waals surface area contributed by atoms with Crippen molar-refractivity contribution in [3.8, 4) is 11.5 Å². The molecule has 0 aliphatic carbocycles. The van der Waals surface area contributed by atoms with Gasteiger partial charge in [-0.3, -0.25) is 9.69 Å². The van der Waals surface area contributed by atoms with Crippen LogP contribution in [-0.2, 0) is 11.3 Å². The third-order valence-corrected chi connectivity index (χ3v) is 4.12. The maximum absolute atomic E-state index is 11.4. The van der Waals surface area contributed by atoms with Crippen molar-refractivity contribution in [3.63, 3.8) is 0 Å². The SMILES string of the molecule is COc1cc(OC)c(CN2CCCCC2C(=O)O)cc1Cl. The van der Waals surface area contributed by atoms with Gasteiger partial charge in [-0.15, -0.1) is 0 Å². The van der Waals surface area contributed by atoms with Gasteiger partial charge in [0, 0.05) is 18.2 Å². The predicted octanol–water partition coefficient (Wildman–Crippen LogP) is 2.80. The molecule has 5 nitrogen and oxygen atoms in total. The summed E-state index contributed by atoms with van der Waals surface area (Å²) in [6.07, 6.45) is 2.64. The van der Waals surface area contributed by atoms with Crippen molar-refractivity contribution in [2.45, 2.75) is 31.8 Å². The van der Waals surface area contributed by atoms with E-state index in [9.17, 15) is 9.90 Å². The number of ether oxygens (including phenoxy) is 2. The summed E-state index contributed by atoms with van der Waals surface area (Å²) in [5, 5.41) is 9.83. The van der Waals surface area contributed by atoms with Crippen molar-refractivity contribution in [3.05, 3.63) is 22.7 Å². The first-order chi connectivity index (χ1) is 10.1. The molecule has 0 spiro atoms. The number of benzene rings is 1. The van der Waals surface area contributed by atoms with Gasteiger partial charge in [0.1, 0.15) is 17.5 Å². The van der Waals surface area contributed by atoms with Crippen LogP contribution < -0.4 is 9.47 Å². The average molecular weight is 314 g/mol. The quantitative estimate of drug-likeness (QED) is 0.906. The predicted molar refractivity (Wildman–Crippen MR) is 80.2 cm³/mol. The minimum absolute atomic E-state index is 0.440. The summed E-state index contributed by atoms with van der Waals surface area (Å²) in [4.78, 5) is 13.3. The van der Waals surface area contributed by atoms with Gasteiger partial charge in [-0.1, -0.05) is 18.0 Å². The maximum Gasteiger partial charge on any atom is 0.320 e. The number of piperidine rings is 1. The second-order valence-electron chi connectivity index (χ2n) is 5.12. The van der Waals surface area contributed by atoms with E-state index < -0.39 is 12.0 Å². The molecule has 1 aromatic carbocycles. The molecule has 1 N–H and O–H groups in total. The zero-order chi connectivity index (χ0) is 15.4. The molecule has 1 aliphatic rings. The van der Waals surface area contributed by atoms with Gasteiger partial charge in [-0.2, -0.15) is 0 Å². The van der Waals surface area contributed by atoms with E-state index >= 15 is 0 Å². The van der Waals surface area contributed by atoms with Gasteiger partial charge in [-0.25, -0.2) is 0 Å². The van der Waals surface area contributed by atoms with Crippen LogP contribution in [0.1, 0.15) is 24.8 Å². The molecule has 6 heteroatoms. The highest BCUT2D eigenvalue weighted by atomic mass is 35.5. The van der Waals surface area contributed by atoms with Crippen LogP contribution in [0.25, 0.3) is 0 Å². The monoisotopic (exact) mass is 313 g/mol. The summed E-state index contributed by atoms with van der Waals surface area (Å²) in [5.41, 5.74) is 0.872. The van der Waals surface area contributed by atoms with E-state index in [0.717, 1.165) is 24.9 Å². The maximum atomic E-state index is 11.4. The van der Waals surface area contributed by atoms with Crippen molar-refractivity contribution in [2.75, 3.05) is 20.8 Å². The summed E-state index contributed by atoms with van der Waals surface area (Å²) in [7, 11) is 3.13. The number of halogens is 1. The normalized spacial score (nSPS) is 19.3. The number of carboxylic acid groups (broad SMARTS) is 1. The Bertz CT molecular complexity index is 521. The van der Waals surface area contributed by atoms with E-state index in [-0.39, 0.29) is 0 Å². The highest BCUT2D eigenvalue weighted by Gasteiger charge is 2.29. The van der Waals surface area contributed by atoms with Crippen LogP contribution in [0.2, 0.25) is 5.02 Å². The van der Waals surface area contributed by atoms with Crippen molar-refractivity contribution < 1.29 is 19.4 Å². The molecule has 1 atom stereocenters. The largest absolute Gasteiger partial charge is 0.496 e. The van der Waals surface area contributed by atoms with Crippen LogP contribution in [0, 0.1) is 0 Å². The summed E-state index contributed by atoms with van der Waals surface area (Å²) in [5.74, 6) is 0.435. The zero-order valence-corrected chi connectivity index (χ0v) is 13.0. The number of hydrogen-bond acceptors (Lipinski definition) is 4. The Hall–Kier alpha value is -1.46. The lowest BCUT2D eigenvalue weighted by Crippen LogP contribution is -2.44. The van der Waals surface area contributed by atoms with Gasteiger partial charge >= 0.3 is 5.97 Å². The van der Waals surface area contributed by atoms with Gasteiger partial charge in [0.25, 0.3) is 0 Å². The Morgan fingerprint density at radius 1 is 1.33 bits per heavy atom. The van der Waals surface area contributed by atoms with E-state index in [1.54, 1.807) is 26.4 Å². The van der Waals surface area contributed by atoms with E-state index in [1.807, 2.05) is 4.90 Å². The highest BCUT2D eigenvalue weighted by Crippen LogP contribution is 2.34. The topological polar surface area (TPSA) is 59.0 Å². The van der Waals surface area contributed by atoms with Crippen molar-refractivity contribution in [1.82, 2.24) is 4.90 Å². The number of carbonyl (C=O) groups is 1. The van der Waals surface area contributed by atoms with Crippen LogP contribution in [0.3, 0.4) is 0 Å². The lowest BCUT2D eigenvalue weighted by Gasteiger charge is -2.33.